The lowest BCUT2D eigenvalue weighted by Crippen LogP contribution is -1.87. The SMILES string of the molecule is CC(C)c1cccc(C#CC2CC2)c1. The number of hydrogen-bond donors (Lipinski definition) is 0. The normalized spacial score (nSPS) is 15.1. The topological polar surface area (TPSA) is 0 Å². The minimum atomic E-state index is 0.595. The van der Waals surface area contributed by atoms with Crippen molar-refractivity contribution in [2.45, 2.75) is 32.6 Å². The van der Waals surface area contributed by atoms with Crippen molar-refractivity contribution in [3.05, 3.63) is 35.4 Å². The summed E-state index contributed by atoms with van der Waals surface area (Å²) in [5.74, 6) is 7.83. The molecule has 0 spiro atoms. The summed E-state index contributed by atoms with van der Waals surface area (Å²) in [7, 11) is 0. The molecule has 0 N–H and O–H groups in total. The second-order valence-corrected chi connectivity index (χ2v) is 4.32. The van der Waals surface area contributed by atoms with Gasteiger partial charge in [-0.3, -0.25) is 0 Å². The van der Waals surface area contributed by atoms with Crippen LogP contribution in [0.2, 0.25) is 0 Å². The van der Waals surface area contributed by atoms with Crippen LogP contribution in [0.3, 0.4) is 0 Å². The molecule has 0 aliphatic heterocycles. The van der Waals surface area contributed by atoms with E-state index in [1.54, 1.807) is 0 Å². The molecule has 0 amide bonds. The van der Waals surface area contributed by atoms with Crippen molar-refractivity contribution in [1.82, 2.24) is 0 Å². The maximum absolute atomic E-state index is 3.29. The van der Waals surface area contributed by atoms with E-state index in [1.807, 2.05) is 0 Å². The van der Waals surface area contributed by atoms with E-state index in [4.69, 9.17) is 0 Å². The smallest absolute Gasteiger partial charge is 0.0248 e. The highest BCUT2D eigenvalue weighted by Crippen LogP contribution is 2.27. The summed E-state index contributed by atoms with van der Waals surface area (Å²) in [5.41, 5.74) is 2.55. The van der Waals surface area contributed by atoms with Crippen LogP contribution in [0.5, 0.6) is 0 Å². The van der Waals surface area contributed by atoms with Gasteiger partial charge in [-0.05, 0) is 36.5 Å². The van der Waals surface area contributed by atoms with Gasteiger partial charge < -0.3 is 0 Å². The highest BCUT2D eigenvalue weighted by molar-refractivity contribution is 5.38. The molecule has 0 unspecified atom stereocenters. The molecule has 0 aromatic heterocycles. The molecule has 0 heterocycles. The van der Waals surface area contributed by atoms with E-state index in [9.17, 15) is 0 Å². The van der Waals surface area contributed by atoms with Crippen molar-refractivity contribution in [2.24, 2.45) is 5.92 Å². The summed E-state index contributed by atoms with van der Waals surface area (Å²) >= 11 is 0. The molecule has 1 aliphatic carbocycles. The van der Waals surface area contributed by atoms with Crippen molar-refractivity contribution >= 4 is 0 Å². The first-order chi connectivity index (χ1) is 6.75. The zero-order valence-corrected chi connectivity index (χ0v) is 8.88. The van der Waals surface area contributed by atoms with Crippen LogP contribution in [0.15, 0.2) is 24.3 Å². The van der Waals surface area contributed by atoms with Crippen LogP contribution in [0.25, 0.3) is 0 Å². The maximum Gasteiger partial charge on any atom is 0.0248 e. The Balaban J connectivity index is 2.18. The van der Waals surface area contributed by atoms with Gasteiger partial charge in [-0.25, -0.2) is 0 Å². The summed E-state index contributed by atoms with van der Waals surface area (Å²) < 4.78 is 0. The minimum Gasteiger partial charge on any atom is -0.0945 e. The van der Waals surface area contributed by atoms with Crippen molar-refractivity contribution in [2.75, 3.05) is 0 Å². The lowest BCUT2D eigenvalue weighted by atomic mass is 10.0. The van der Waals surface area contributed by atoms with E-state index in [2.05, 4.69) is 50.0 Å². The Morgan fingerprint density at radius 3 is 2.71 bits per heavy atom. The molecule has 0 saturated heterocycles. The molecule has 1 aromatic carbocycles. The molecule has 1 aromatic rings. The molecule has 0 bridgehead atoms. The van der Waals surface area contributed by atoms with Crippen LogP contribution < -0.4 is 0 Å². The van der Waals surface area contributed by atoms with Gasteiger partial charge in [-0.1, -0.05) is 37.8 Å². The van der Waals surface area contributed by atoms with Crippen LogP contribution in [0.4, 0.5) is 0 Å². The molecule has 0 heteroatoms. The fourth-order valence-corrected chi connectivity index (χ4v) is 1.39. The summed E-state index contributed by atoms with van der Waals surface area (Å²) in [6.07, 6.45) is 2.60. The largest absolute Gasteiger partial charge is 0.0945 e. The van der Waals surface area contributed by atoms with Crippen LogP contribution in [-0.4, -0.2) is 0 Å². The number of benzene rings is 1. The fraction of sp³-hybridized carbons (Fsp3) is 0.429. The van der Waals surface area contributed by atoms with Crippen molar-refractivity contribution < 1.29 is 0 Å². The maximum atomic E-state index is 3.29. The highest BCUT2D eigenvalue weighted by Gasteiger charge is 2.17. The second kappa shape index (κ2) is 3.88. The summed E-state index contributed by atoms with van der Waals surface area (Å²) in [6.45, 7) is 4.43. The Bertz CT molecular complexity index is 373. The molecule has 0 radical (unpaired) electrons. The first-order valence-corrected chi connectivity index (χ1v) is 5.37. The number of hydrogen-bond acceptors (Lipinski definition) is 0. The average molecular weight is 184 g/mol. The van der Waals surface area contributed by atoms with Crippen molar-refractivity contribution in [3.8, 4) is 11.8 Å². The van der Waals surface area contributed by atoms with Gasteiger partial charge in [-0.2, -0.15) is 0 Å². The van der Waals surface area contributed by atoms with E-state index in [0.29, 0.717) is 11.8 Å². The van der Waals surface area contributed by atoms with Gasteiger partial charge in [0.25, 0.3) is 0 Å². The molecule has 0 atom stereocenters. The van der Waals surface area contributed by atoms with Gasteiger partial charge in [0.05, 0.1) is 0 Å². The van der Waals surface area contributed by atoms with Gasteiger partial charge >= 0.3 is 0 Å². The summed E-state index contributed by atoms with van der Waals surface area (Å²) in [6, 6.07) is 8.58. The Morgan fingerprint density at radius 1 is 1.29 bits per heavy atom. The Morgan fingerprint density at radius 2 is 2.07 bits per heavy atom. The zero-order valence-electron chi connectivity index (χ0n) is 8.88. The predicted molar refractivity (Wildman–Crippen MR) is 60.1 cm³/mol. The molecule has 0 nitrogen and oxygen atoms in total. The van der Waals surface area contributed by atoms with E-state index >= 15 is 0 Å². The van der Waals surface area contributed by atoms with E-state index in [1.165, 1.54) is 24.0 Å². The van der Waals surface area contributed by atoms with Crippen LogP contribution in [0.1, 0.15) is 43.7 Å². The first kappa shape index (κ1) is 9.34. The summed E-state index contributed by atoms with van der Waals surface area (Å²) in [4.78, 5) is 0. The summed E-state index contributed by atoms with van der Waals surface area (Å²) in [5, 5.41) is 0. The fourth-order valence-electron chi connectivity index (χ4n) is 1.39. The van der Waals surface area contributed by atoms with Gasteiger partial charge in [0.1, 0.15) is 0 Å². The third-order valence-corrected chi connectivity index (χ3v) is 2.55. The van der Waals surface area contributed by atoms with Crippen LogP contribution in [-0.2, 0) is 0 Å². The Kier molecular flexibility index (Phi) is 2.59. The molecule has 1 saturated carbocycles. The Labute approximate surface area is 86.3 Å². The minimum absolute atomic E-state index is 0.595. The monoisotopic (exact) mass is 184 g/mol. The lowest BCUT2D eigenvalue weighted by Gasteiger charge is -2.04. The zero-order chi connectivity index (χ0) is 9.97. The third-order valence-electron chi connectivity index (χ3n) is 2.55. The van der Waals surface area contributed by atoms with E-state index in [-0.39, 0.29) is 0 Å². The molecule has 72 valence electrons. The van der Waals surface area contributed by atoms with Gasteiger partial charge in [0, 0.05) is 11.5 Å². The second-order valence-electron chi connectivity index (χ2n) is 4.32. The van der Waals surface area contributed by atoms with Gasteiger partial charge in [-0.15, -0.1) is 0 Å². The average Bonchev–Trinajstić information content (AvgIpc) is 2.99. The molecule has 2 rings (SSSR count). The molecular formula is C14H16. The highest BCUT2D eigenvalue weighted by atomic mass is 14.2. The lowest BCUT2D eigenvalue weighted by molar-refractivity contribution is 0.866. The molecular weight excluding hydrogens is 168 g/mol. The number of rotatable bonds is 1. The van der Waals surface area contributed by atoms with E-state index < -0.39 is 0 Å². The van der Waals surface area contributed by atoms with Crippen LogP contribution >= 0.6 is 0 Å². The first-order valence-electron chi connectivity index (χ1n) is 5.37. The molecule has 14 heavy (non-hydrogen) atoms. The van der Waals surface area contributed by atoms with Gasteiger partial charge in [0.15, 0.2) is 0 Å². The van der Waals surface area contributed by atoms with Crippen molar-refractivity contribution in [3.63, 3.8) is 0 Å². The van der Waals surface area contributed by atoms with Crippen molar-refractivity contribution in [1.29, 1.82) is 0 Å². The quantitative estimate of drug-likeness (QED) is 0.585. The van der Waals surface area contributed by atoms with E-state index in [0.717, 1.165) is 0 Å². The van der Waals surface area contributed by atoms with Crippen LogP contribution in [0, 0.1) is 17.8 Å². The standard InChI is InChI=1S/C14H16/c1-11(2)14-5-3-4-13(10-14)9-8-12-6-7-12/h3-5,10-12H,6-7H2,1-2H3. The van der Waals surface area contributed by atoms with Gasteiger partial charge in [0.2, 0.25) is 0 Å². The molecule has 1 fully saturated rings. The Hall–Kier alpha value is -1.22. The molecule has 1 aliphatic rings. The predicted octanol–water partition coefficient (Wildman–Crippen LogP) is 3.57. The third kappa shape index (κ3) is 2.39.